The maximum Gasteiger partial charge on any atom is 0.323 e. The monoisotopic (exact) mass is 311 g/mol. The van der Waals surface area contributed by atoms with Gasteiger partial charge in [-0.05, 0) is 38.4 Å². The second-order valence-electron chi connectivity index (χ2n) is 4.55. The summed E-state index contributed by atoms with van der Waals surface area (Å²) in [6.07, 6.45) is 1.73. The lowest BCUT2D eigenvalue weighted by Crippen LogP contribution is -2.39. The fourth-order valence-corrected chi connectivity index (χ4v) is 2.93. The highest BCUT2D eigenvalue weighted by Crippen LogP contribution is 2.29. The van der Waals surface area contributed by atoms with Crippen molar-refractivity contribution in [2.75, 3.05) is 26.0 Å². The quantitative estimate of drug-likeness (QED) is 0.531. The molecule has 1 N–H and O–H groups in total. The molecule has 0 aliphatic rings. The number of carbonyl (C=O) groups excluding carboxylic acids is 1. The highest BCUT2D eigenvalue weighted by molar-refractivity contribution is 7.99. The zero-order valence-corrected chi connectivity index (χ0v) is 13.9. The number of hydrogen-bond acceptors (Lipinski definition) is 5. The van der Waals surface area contributed by atoms with Crippen LogP contribution >= 0.6 is 11.8 Å². The molecule has 1 rings (SSSR count). The van der Waals surface area contributed by atoms with Crippen LogP contribution in [0.1, 0.15) is 26.7 Å². The minimum atomic E-state index is -0.230. The van der Waals surface area contributed by atoms with Crippen molar-refractivity contribution in [3.8, 4) is 5.75 Å². The van der Waals surface area contributed by atoms with Crippen molar-refractivity contribution in [1.82, 2.24) is 5.32 Å². The molecular weight excluding hydrogens is 286 g/mol. The van der Waals surface area contributed by atoms with Gasteiger partial charge < -0.3 is 14.8 Å². The van der Waals surface area contributed by atoms with E-state index in [1.807, 2.05) is 31.2 Å². The van der Waals surface area contributed by atoms with Crippen molar-refractivity contribution in [3.63, 3.8) is 0 Å². The smallest absolute Gasteiger partial charge is 0.323 e. The number of esters is 1. The van der Waals surface area contributed by atoms with Gasteiger partial charge in [0.25, 0.3) is 0 Å². The highest BCUT2D eigenvalue weighted by atomic mass is 32.2. The first kappa shape index (κ1) is 17.9. The van der Waals surface area contributed by atoms with Gasteiger partial charge in [-0.1, -0.05) is 19.1 Å². The van der Waals surface area contributed by atoms with E-state index in [1.165, 1.54) is 0 Å². The molecule has 0 saturated carbocycles. The Bertz CT molecular complexity index is 426. The van der Waals surface area contributed by atoms with Crippen LogP contribution in [-0.2, 0) is 9.53 Å². The number of para-hydroxylation sites is 1. The van der Waals surface area contributed by atoms with Crippen LogP contribution in [-0.4, -0.2) is 38.0 Å². The van der Waals surface area contributed by atoms with Crippen LogP contribution in [0.15, 0.2) is 29.2 Å². The van der Waals surface area contributed by atoms with Gasteiger partial charge in [-0.2, -0.15) is 0 Å². The minimum Gasteiger partial charge on any atom is -0.496 e. The zero-order chi connectivity index (χ0) is 15.5. The first-order valence-corrected chi connectivity index (χ1v) is 8.37. The number of carbonyl (C=O) groups is 1. The molecule has 0 bridgehead atoms. The molecule has 5 heteroatoms. The predicted molar refractivity (Wildman–Crippen MR) is 87.0 cm³/mol. The number of thioether (sulfide) groups is 1. The van der Waals surface area contributed by atoms with E-state index < -0.39 is 0 Å². The average molecular weight is 311 g/mol. The van der Waals surface area contributed by atoms with Gasteiger partial charge in [0.15, 0.2) is 0 Å². The van der Waals surface area contributed by atoms with Gasteiger partial charge in [0.05, 0.1) is 13.7 Å². The van der Waals surface area contributed by atoms with Crippen molar-refractivity contribution in [3.05, 3.63) is 24.3 Å². The lowest BCUT2D eigenvalue weighted by molar-refractivity contribution is -0.145. The third-order valence-corrected chi connectivity index (χ3v) is 4.03. The Kier molecular flexibility index (Phi) is 8.94. The Hall–Kier alpha value is -1.20. The number of methoxy groups -OCH3 is 1. The van der Waals surface area contributed by atoms with Gasteiger partial charge in [-0.15, -0.1) is 11.8 Å². The van der Waals surface area contributed by atoms with Gasteiger partial charge in [-0.25, -0.2) is 0 Å². The van der Waals surface area contributed by atoms with Crippen LogP contribution in [0, 0.1) is 0 Å². The Morgan fingerprint density at radius 2 is 2.10 bits per heavy atom. The second kappa shape index (κ2) is 10.5. The molecule has 1 atom stereocenters. The fourth-order valence-electron chi connectivity index (χ4n) is 1.89. The van der Waals surface area contributed by atoms with Gasteiger partial charge in [0.2, 0.25) is 0 Å². The number of benzene rings is 1. The molecule has 0 saturated heterocycles. The summed E-state index contributed by atoms with van der Waals surface area (Å²) in [4.78, 5) is 13.0. The first-order valence-electron chi connectivity index (χ1n) is 7.38. The molecule has 1 unspecified atom stereocenters. The van der Waals surface area contributed by atoms with Crippen molar-refractivity contribution in [1.29, 1.82) is 0 Å². The summed E-state index contributed by atoms with van der Waals surface area (Å²) in [5, 5.41) is 3.25. The summed E-state index contributed by atoms with van der Waals surface area (Å²) < 4.78 is 10.4. The van der Waals surface area contributed by atoms with E-state index in [2.05, 4.69) is 12.2 Å². The fraction of sp³-hybridized carbons (Fsp3) is 0.562. The molecule has 0 heterocycles. The van der Waals surface area contributed by atoms with E-state index in [-0.39, 0.29) is 12.0 Å². The summed E-state index contributed by atoms with van der Waals surface area (Å²) in [5.41, 5.74) is 0. The summed E-state index contributed by atoms with van der Waals surface area (Å²) in [7, 11) is 1.67. The van der Waals surface area contributed by atoms with E-state index in [0.717, 1.165) is 35.8 Å². The van der Waals surface area contributed by atoms with Crippen LogP contribution in [0.5, 0.6) is 5.75 Å². The largest absolute Gasteiger partial charge is 0.496 e. The minimum absolute atomic E-state index is 0.161. The van der Waals surface area contributed by atoms with Crippen molar-refractivity contribution >= 4 is 17.7 Å². The van der Waals surface area contributed by atoms with E-state index in [1.54, 1.807) is 18.9 Å². The lowest BCUT2D eigenvalue weighted by Gasteiger charge is -2.17. The van der Waals surface area contributed by atoms with E-state index in [4.69, 9.17) is 9.47 Å². The molecule has 0 aliphatic carbocycles. The molecule has 118 valence electrons. The molecule has 0 aliphatic heterocycles. The molecule has 1 aromatic carbocycles. The Morgan fingerprint density at radius 1 is 1.33 bits per heavy atom. The van der Waals surface area contributed by atoms with Gasteiger partial charge >= 0.3 is 5.97 Å². The predicted octanol–water partition coefficient (Wildman–Crippen LogP) is 3.11. The Morgan fingerprint density at radius 3 is 2.76 bits per heavy atom. The molecule has 0 aromatic heterocycles. The number of hydrogen-bond donors (Lipinski definition) is 1. The Balaban J connectivity index is 2.50. The highest BCUT2D eigenvalue weighted by Gasteiger charge is 2.18. The molecule has 0 amide bonds. The topological polar surface area (TPSA) is 47.6 Å². The van der Waals surface area contributed by atoms with Crippen LogP contribution in [0.2, 0.25) is 0 Å². The maximum absolute atomic E-state index is 11.9. The third-order valence-electron chi connectivity index (χ3n) is 2.95. The maximum atomic E-state index is 11.9. The van der Waals surface area contributed by atoms with Crippen molar-refractivity contribution < 1.29 is 14.3 Å². The molecule has 21 heavy (non-hydrogen) atoms. The molecule has 0 spiro atoms. The van der Waals surface area contributed by atoms with Crippen LogP contribution < -0.4 is 10.1 Å². The third kappa shape index (κ3) is 6.40. The van der Waals surface area contributed by atoms with Gasteiger partial charge in [0.1, 0.15) is 11.8 Å². The summed E-state index contributed by atoms with van der Waals surface area (Å²) in [5.74, 6) is 1.55. The summed E-state index contributed by atoms with van der Waals surface area (Å²) in [6, 6.07) is 7.69. The average Bonchev–Trinajstić information content (AvgIpc) is 2.51. The molecule has 0 radical (unpaired) electrons. The van der Waals surface area contributed by atoms with Crippen molar-refractivity contribution in [2.24, 2.45) is 0 Å². The van der Waals surface area contributed by atoms with Gasteiger partial charge in [0, 0.05) is 10.6 Å². The Labute approximate surface area is 131 Å². The summed E-state index contributed by atoms with van der Waals surface area (Å²) in [6.45, 7) is 5.16. The van der Waals surface area contributed by atoms with Crippen LogP contribution in [0.3, 0.4) is 0 Å². The zero-order valence-electron chi connectivity index (χ0n) is 13.1. The lowest BCUT2D eigenvalue weighted by atomic mass is 10.2. The van der Waals surface area contributed by atoms with Gasteiger partial charge in [-0.3, -0.25) is 4.79 Å². The molecule has 1 aromatic rings. The normalized spacial score (nSPS) is 12.0. The molecule has 4 nitrogen and oxygen atoms in total. The summed E-state index contributed by atoms with van der Waals surface area (Å²) >= 11 is 1.70. The number of nitrogens with one attached hydrogen (secondary N) is 1. The van der Waals surface area contributed by atoms with Crippen LogP contribution in [0.4, 0.5) is 0 Å². The van der Waals surface area contributed by atoms with E-state index in [0.29, 0.717) is 6.61 Å². The number of ether oxygens (including phenoxy) is 2. The standard InChI is InChI=1S/C16H25NO3S/c1-4-11-17-13(16(18)20-5-2)10-12-21-15-9-7-6-8-14(15)19-3/h6-9,13,17H,4-5,10-12H2,1-3H3. The molecule has 0 fully saturated rings. The first-order chi connectivity index (χ1) is 10.2. The second-order valence-corrected chi connectivity index (χ2v) is 5.68. The van der Waals surface area contributed by atoms with Crippen molar-refractivity contribution in [2.45, 2.75) is 37.6 Å². The van der Waals surface area contributed by atoms with Crippen LogP contribution in [0.25, 0.3) is 0 Å². The molecular formula is C16H25NO3S. The van der Waals surface area contributed by atoms with E-state index in [9.17, 15) is 4.79 Å². The van der Waals surface area contributed by atoms with E-state index >= 15 is 0 Å². The SMILES string of the molecule is CCCNC(CCSc1ccccc1OC)C(=O)OCC. The number of rotatable bonds is 10.